The highest BCUT2D eigenvalue weighted by molar-refractivity contribution is 5.52. The van der Waals surface area contributed by atoms with Crippen LogP contribution in [0.5, 0.6) is 0 Å². The SMILES string of the molecule is CCCc1nc(NCC)c(C)c(-n2ccnc2C)n1. The van der Waals surface area contributed by atoms with E-state index in [1.807, 2.05) is 24.6 Å². The van der Waals surface area contributed by atoms with Crippen molar-refractivity contribution in [1.82, 2.24) is 19.5 Å². The molecule has 102 valence electrons. The molecule has 1 N–H and O–H groups in total. The van der Waals surface area contributed by atoms with Crippen LogP contribution in [0, 0.1) is 13.8 Å². The van der Waals surface area contributed by atoms with E-state index >= 15 is 0 Å². The molecule has 0 amide bonds. The molecule has 5 nitrogen and oxygen atoms in total. The minimum atomic E-state index is 0.853. The first-order valence-electron chi connectivity index (χ1n) is 6.79. The molecule has 0 bridgehead atoms. The average molecular weight is 259 g/mol. The van der Waals surface area contributed by atoms with Gasteiger partial charge in [0.2, 0.25) is 0 Å². The maximum atomic E-state index is 4.68. The summed E-state index contributed by atoms with van der Waals surface area (Å²) in [6.45, 7) is 9.09. The molecule has 0 fully saturated rings. The van der Waals surface area contributed by atoms with Crippen LogP contribution in [0.1, 0.15) is 37.5 Å². The Balaban J connectivity index is 2.55. The number of rotatable bonds is 5. The largest absolute Gasteiger partial charge is 0.370 e. The van der Waals surface area contributed by atoms with Gasteiger partial charge in [0.15, 0.2) is 0 Å². The normalized spacial score (nSPS) is 10.7. The Kier molecular flexibility index (Phi) is 4.14. The lowest BCUT2D eigenvalue weighted by atomic mass is 10.2. The molecule has 2 rings (SSSR count). The Bertz CT molecular complexity index is 559. The molecular weight excluding hydrogens is 238 g/mol. The van der Waals surface area contributed by atoms with E-state index < -0.39 is 0 Å². The second kappa shape index (κ2) is 5.82. The van der Waals surface area contributed by atoms with Gasteiger partial charge in [0, 0.05) is 30.9 Å². The van der Waals surface area contributed by atoms with E-state index in [1.165, 1.54) is 0 Å². The molecule has 0 atom stereocenters. The zero-order chi connectivity index (χ0) is 13.8. The number of hydrogen-bond acceptors (Lipinski definition) is 4. The highest BCUT2D eigenvalue weighted by atomic mass is 15.2. The van der Waals surface area contributed by atoms with Crippen LogP contribution in [0.4, 0.5) is 5.82 Å². The highest BCUT2D eigenvalue weighted by Gasteiger charge is 2.13. The molecular formula is C14H21N5. The molecule has 5 heteroatoms. The van der Waals surface area contributed by atoms with Gasteiger partial charge in [0.05, 0.1) is 0 Å². The van der Waals surface area contributed by atoms with Crippen LogP contribution in [0.15, 0.2) is 12.4 Å². The second-order valence-electron chi connectivity index (χ2n) is 4.56. The van der Waals surface area contributed by atoms with Gasteiger partial charge < -0.3 is 5.32 Å². The van der Waals surface area contributed by atoms with Crippen molar-refractivity contribution in [2.75, 3.05) is 11.9 Å². The van der Waals surface area contributed by atoms with Gasteiger partial charge >= 0.3 is 0 Å². The van der Waals surface area contributed by atoms with Gasteiger partial charge in [-0.2, -0.15) is 0 Å². The summed E-state index contributed by atoms with van der Waals surface area (Å²) in [7, 11) is 0. The van der Waals surface area contributed by atoms with Gasteiger partial charge in [-0.25, -0.2) is 15.0 Å². The quantitative estimate of drug-likeness (QED) is 0.897. The number of anilines is 1. The van der Waals surface area contributed by atoms with Crippen LogP contribution in [0.25, 0.3) is 5.82 Å². The van der Waals surface area contributed by atoms with Crippen LogP contribution in [-0.4, -0.2) is 26.1 Å². The van der Waals surface area contributed by atoms with Crippen molar-refractivity contribution in [2.45, 2.75) is 40.5 Å². The molecule has 0 aliphatic heterocycles. The first-order chi connectivity index (χ1) is 9.17. The molecule has 0 saturated carbocycles. The van der Waals surface area contributed by atoms with Crippen molar-refractivity contribution in [2.24, 2.45) is 0 Å². The van der Waals surface area contributed by atoms with E-state index in [1.54, 1.807) is 6.20 Å². The summed E-state index contributed by atoms with van der Waals surface area (Å²) < 4.78 is 2.01. The van der Waals surface area contributed by atoms with Gasteiger partial charge in [-0.3, -0.25) is 4.57 Å². The lowest BCUT2D eigenvalue weighted by Gasteiger charge is -2.14. The minimum Gasteiger partial charge on any atom is -0.370 e. The van der Waals surface area contributed by atoms with Crippen LogP contribution in [0.2, 0.25) is 0 Å². The molecule has 0 saturated heterocycles. The first-order valence-corrected chi connectivity index (χ1v) is 6.79. The Hall–Kier alpha value is -1.91. The topological polar surface area (TPSA) is 55.6 Å². The summed E-state index contributed by atoms with van der Waals surface area (Å²) >= 11 is 0. The highest BCUT2D eigenvalue weighted by Crippen LogP contribution is 2.20. The van der Waals surface area contributed by atoms with Crippen LogP contribution < -0.4 is 5.32 Å². The lowest BCUT2D eigenvalue weighted by molar-refractivity contribution is 0.804. The maximum Gasteiger partial charge on any atom is 0.146 e. The Morgan fingerprint density at radius 2 is 2.00 bits per heavy atom. The molecule has 0 aromatic carbocycles. The number of hydrogen-bond donors (Lipinski definition) is 1. The van der Waals surface area contributed by atoms with Gasteiger partial charge in [-0.15, -0.1) is 0 Å². The minimum absolute atomic E-state index is 0.853. The van der Waals surface area contributed by atoms with Crippen molar-refractivity contribution in [3.8, 4) is 5.82 Å². The van der Waals surface area contributed by atoms with E-state index in [9.17, 15) is 0 Å². The predicted octanol–water partition coefficient (Wildman–Crippen LogP) is 2.66. The smallest absolute Gasteiger partial charge is 0.146 e. The number of nitrogens with one attached hydrogen (secondary N) is 1. The van der Waals surface area contributed by atoms with Crippen LogP contribution in [0.3, 0.4) is 0 Å². The monoisotopic (exact) mass is 259 g/mol. The van der Waals surface area contributed by atoms with Crippen LogP contribution in [-0.2, 0) is 6.42 Å². The summed E-state index contributed by atoms with van der Waals surface area (Å²) in [5.74, 6) is 3.66. The van der Waals surface area contributed by atoms with Gasteiger partial charge in [0.1, 0.15) is 23.3 Å². The van der Waals surface area contributed by atoms with Crippen molar-refractivity contribution >= 4 is 5.82 Å². The fourth-order valence-corrected chi connectivity index (χ4v) is 2.06. The molecule has 2 aromatic rings. The molecule has 2 heterocycles. The fraction of sp³-hybridized carbons (Fsp3) is 0.500. The number of aromatic nitrogens is 4. The predicted molar refractivity (Wildman–Crippen MR) is 76.8 cm³/mol. The third-order valence-electron chi connectivity index (χ3n) is 3.04. The third-order valence-corrected chi connectivity index (χ3v) is 3.04. The molecule has 19 heavy (non-hydrogen) atoms. The van der Waals surface area contributed by atoms with Crippen molar-refractivity contribution in [1.29, 1.82) is 0 Å². The molecule has 0 spiro atoms. The zero-order valence-electron chi connectivity index (χ0n) is 12.1. The summed E-state index contributed by atoms with van der Waals surface area (Å²) in [4.78, 5) is 13.5. The standard InChI is InChI=1S/C14H21N5/c1-5-7-12-17-13(15-6-2)10(3)14(18-12)19-9-8-16-11(19)4/h8-9H,5-7H2,1-4H3,(H,15,17,18). The summed E-state index contributed by atoms with van der Waals surface area (Å²) in [5, 5.41) is 3.31. The van der Waals surface area contributed by atoms with Crippen molar-refractivity contribution in [3.63, 3.8) is 0 Å². The van der Waals surface area contributed by atoms with E-state index in [-0.39, 0.29) is 0 Å². The molecule has 0 radical (unpaired) electrons. The van der Waals surface area contributed by atoms with E-state index in [0.29, 0.717) is 0 Å². The zero-order valence-corrected chi connectivity index (χ0v) is 12.1. The summed E-state index contributed by atoms with van der Waals surface area (Å²) in [6.07, 6.45) is 5.66. The molecule has 0 unspecified atom stereocenters. The lowest BCUT2D eigenvalue weighted by Crippen LogP contribution is -2.11. The number of imidazole rings is 1. The van der Waals surface area contributed by atoms with Crippen molar-refractivity contribution < 1.29 is 0 Å². The van der Waals surface area contributed by atoms with E-state index in [4.69, 9.17) is 0 Å². The van der Waals surface area contributed by atoms with Gasteiger partial charge in [-0.05, 0) is 27.2 Å². The Morgan fingerprint density at radius 3 is 2.58 bits per heavy atom. The summed E-state index contributed by atoms with van der Waals surface area (Å²) in [5.41, 5.74) is 1.06. The Labute approximate surface area is 114 Å². The molecule has 0 aliphatic rings. The number of nitrogens with zero attached hydrogens (tertiary/aromatic N) is 4. The molecule has 2 aromatic heterocycles. The second-order valence-corrected chi connectivity index (χ2v) is 4.56. The van der Waals surface area contributed by atoms with Crippen molar-refractivity contribution in [3.05, 3.63) is 29.6 Å². The number of aryl methyl sites for hydroxylation is 2. The average Bonchev–Trinajstić information content (AvgIpc) is 2.80. The third kappa shape index (κ3) is 2.75. The summed E-state index contributed by atoms with van der Waals surface area (Å²) in [6, 6.07) is 0. The maximum absolute atomic E-state index is 4.68. The first kappa shape index (κ1) is 13.5. The van der Waals surface area contributed by atoms with Gasteiger partial charge in [-0.1, -0.05) is 6.92 Å². The van der Waals surface area contributed by atoms with Gasteiger partial charge in [0.25, 0.3) is 0 Å². The van der Waals surface area contributed by atoms with Crippen LogP contribution >= 0.6 is 0 Å². The fourth-order valence-electron chi connectivity index (χ4n) is 2.06. The Morgan fingerprint density at radius 1 is 1.21 bits per heavy atom. The molecule has 0 aliphatic carbocycles. The van der Waals surface area contributed by atoms with E-state index in [2.05, 4.69) is 34.1 Å². The van der Waals surface area contributed by atoms with E-state index in [0.717, 1.165) is 48.2 Å².